The average Bonchev–Trinajstić information content (AvgIpc) is 2.65. The average molecular weight is 338 g/mol. The SMILES string of the molecule is O=c1oc2c(C[NH+]3CCOCC3)c(O)ccc2cc1-c1ccccc1. The summed E-state index contributed by atoms with van der Waals surface area (Å²) in [5.74, 6) is 0.169. The summed E-state index contributed by atoms with van der Waals surface area (Å²) in [6.07, 6.45) is 0. The van der Waals surface area contributed by atoms with Crippen molar-refractivity contribution < 1.29 is 19.2 Å². The predicted molar refractivity (Wildman–Crippen MR) is 94.8 cm³/mol. The largest absolute Gasteiger partial charge is 0.507 e. The number of benzene rings is 2. The van der Waals surface area contributed by atoms with Gasteiger partial charge in [0.15, 0.2) is 5.58 Å². The molecule has 2 N–H and O–H groups in total. The van der Waals surface area contributed by atoms with Crippen molar-refractivity contribution in [1.29, 1.82) is 0 Å². The lowest BCUT2D eigenvalue weighted by Crippen LogP contribution is -3.12. The molecule has 5 heteroatoms. The highest BCUT2D eigenvalue weighted by atomic mass is 16.5. The van der Waals surface area contributed by atoms with Gasteiger partial charge in [-0.15, -0.1) is 0 Å². The number of aromatic hydroxyl groups is 1. The fraction of sp³-hybridized carbons (Fsp3) is 0.250. The van der Waals surface area contributed by atoms with Crippen molar-refractivity contribution in [2.24, 2.45) is 0 Å². The third-order valence-corrected chi connectivity index (χ3v) is 4.69. The van der Waals surface area contributed by atoms with Gasteiger partial charge in [0.2, 0.25) is 0 Å². The molecule has 1 saturated heterocycles. The lowest BCUT2D eigenvalue weighted by Gasteiger charge is -2.24. The van der Waals surface area contributed by atoms with Crippen molar-refractivity contribution in [3.8, 4) is 16.9 Å². The molecule has 5 nitrogen and oxygen atoms in total. The van der Waals surface area contributed by atoms with Gasteiger partial charge in [-0.05, 0) is 23.8 Å². The summed E-state index contributed by atoms with van der Waals surface area (Å²) in [6.45, 7) is 3.79. The Hall–Kier alpha value is -2.63. The van der Waals surface area contributed by atoms with Crippen LogP contribution in [0.2, 0.25) is 0 Å². The van der Waals surface area contributed by atoms with Gasteiger partial charge in [0.05, 0.1) is 24.3 Å². The van der Waals surface area contributed by atoms with Crippen LogP contribution in [0.15, 0.2) is 57.7 Å². The van der Waals surface area contributed by atoms with E-state index in [1.807, 2.05) is 36.4 Å². The number of ether oxygens (including phenoxy) is 1. The lowest BCUT2D eigenvalue weighted by molar-refractivity contribution is -0.921. The molecule has 0 saturated carbocycles. The second-order valence-corrected chi connectivity index (χ2v) is 6.33. The summed E-state index contributed by atoms with van der Waals surface area (Å²) in [5, 5.41) is 11.1. The Morgan fingerprint density at radius 3 is 2.56 bits per heavy atom. The molecule has 128 valence electrons. The topological polar surface area (TPSA) is 64.1 Å². The number of morpholine rings is 1. The van der Waals surface area contributed by atoms with Crippen LogP contribution in [0, 0.1) is 0 Å². The molecule has 0 spiro atoms. The van der Waals surface area contributed by atoms with Crippen LogP contribution in [0.25, 0.3) is 22.1 Å². The molecule has 0 bridgehead atoms. The van der Waals surface area contributed by atoms with E-state index in [-0.39, 0.29) is 11.4 Å². The van der Waals surface area contributed by atoms with Gasteiger partial charge >= 0.3 is 5.63 Å². The number of hydrogen-bond donors (Lipinski definition) is 2. The minimum atomic E-state index is -0.387. The Balaban J connectivity index is 1.80. The molecule has 4 rings (SSSR count). The molecule has 1 aliphatic heterocycles. The Kier molecular flexibility index (Phi) is 4.26. The van der Waals surface area contributed by atoms with Crippen molar-refractivity contribution in [2.75, 3.05) is 26.3 Å². The monoisotopic (exact) mass is 338 g/mol. The van der Waals surface area contributed by atoms with Crippen LogP contribution in [-0.2, 0) is 11.3 Å². The summed E-state index contributed by atoms with van der Waals surface area (Å²) in [5.41, 5.74) is 2.13. The van der Waals surface area contributed by atoms with Crippen LogP contribution in [0.3, 0.4) is 0 Å². The molecule has 0 amide bonds. The number of phenolic OH excluding ortho intramolecular Hbond substituents is 1. The lowest BCUT2D eigenvalue weighted by atomic mass is 10.0. The molecule has 3 aromatic rings. The van der Waals surface area contributed by atoms with Crippen LogP contribution < -0.4 is 10.5 Å². The van der Waals surface area contributed by atoms with Crippen LogP contribution >= 0.6 is 0 Å². The van der Waals surface area contributed by atoms with E-state index in [4.69, 9.17) is 9.15 Å². The van der Waals surface area contributed by atoms with E-state index in [1.54, 1.807) is 12.1 Å². The summed E-state index contributed by atoms with van der Waals surface area (Å²) >= 11 is 0. The first-order valence-corrected chi connectivity index (χ1v) is 8.48. The van der Waals surface area contributed by atoms with E-state index in [0.717, 1.165) is 24.0 Å². The van der Waals surface area contributed by atoms with E-state index < -0.39 is 0 Å². The quantitative estimate of drug-likeness (QED) is 0.712. The van der Waals surface area contributed by atoms with Crippen molar-refractivity contribution in [1.82, 2.24) is 0 Å². The number of hydrogen-bond acceptors (Lipinski definition) is 4. The first kappa shape index (κ1) is 15.9. The van der Waals surface area contributed by atoms with E-state index in [0.29, 0.717) is 36.5 Å². The van der Waals surface area contributed by atoms with Crippen LogP contribution in [0.5, 0.6) is 5.75 Å². The number of rotatable bonds is 3. The summed E-state index contributed by atoms with van der Waals surface area (Å²) in [4.78, 5) is 13.8. The summed E-state index contributed by atoms with van der Waals surface area (Å²) in [7, 11) is 0. The van der Waals surface area contributed by atoms with Gasteiger partial charge < -0.3 is 19.2 Å². The number of phenols is 1. The van der Waals surface area contributed by atoms with Gasteiger partial charge in [-0.3, -0.25) is 0 Å². The van der Waals surface area contributed by atoms with Gasteiger partial charge in [-0.25, -0.2) is 4.79 Å². The Morgan fingerprint density at radius 1 is 1.04 bits per heavy atom. The maximum atomic E-state index is 12.5. The van der Waals surface area contributed by atoms with Crippen molar-refractivity contribution in [3.63, 3.8) is 0 Å². The molecule has 2 heterocycles. The fourth-order valence-corrected chi connectivity index (χ4v) is 3.31. The smallest absolute Gasteiger partial charge is 0.344 e. The molecular weight excluding hydrogens is 318 g/mol. The van der Waals surface area contributed by atoms with E-state index in [2.05, 4.69) is 0 Å². The third-order valence-electron chi connectivity index (χ3n) is 4.69. The first-order chi connectivity index (χ1) is 12.2. The molecule has 0 atom stereocenters. The van der Waals surface area contributed by atoms with Crippen molar-refractivity contribution in [3.05, 3.63) is 64.5 Å². The van der Waals surface area contributed by atoms with Crippen molar-refractivity contribution in [2.45, 2.75) is 6.54 Å². The van der Waals surface area contributed by atoms with E-state index in [9.17, 15) is 9.90 Å². The van der Waals surface area contributed by atoms with Gasteiger partial charge in [-0.2, -0.15) is 0 Å². The zero-order valence-corrected chi connectivity index (χ0v) is 13.8. The molecule has 0 aliphatic carbocycles. The maximum absolute atomic E-state index is 12.5. The Bertz CT molecular complexity index is 943. The Morgan fingerprint density at radius 2 is 1.80 bits per heavy atom. The van der Waals surface area contributed by atoms with Gasteiger partial charge in [0, 0.05) is 5.39 Å². The fourth-order valence-electron chi connectivity index (χ4n) is 3.31. The third kappa shape index (κ3) is 3.16. The highest BCUT2D eigenvalue weighted by Gasteiger charge is 2.20. The highest BCUT2D eigenvalue weighted by molar-refractivity contribution is 5.85. The molecule has 1 aromatic heterocycles. The van der Waals surface area contributed by atoms with Crippen molar-refractivity contribution >= 4 is 11.0 Å². The van der Waals surface area contributed by atoms with E-state index in [1.165, 1.54) is 4.90 Å². The van der Waals surface area contributed by atoms with E-state index >= 15 is 0 Å². The van der Waals surface area contributed by atoms with Gasteiger partial charge in [-0.1, -0.05) is 30.3 Å². The minimum Gasteiger partial charge on any atom is -0.507 e. The number of fused-ring (bicyclic) bond motifs is 1. The minimum absolute atomic E-state index is 0.169. The number of quaternary nitrogens is 1. The van der Waals surface area contributed by atoms with Crippen LogP contribution in [0.4, 0.5) is 0 Å². The normalized spacial score (nSPS) is 15.5. The molecule has 0 radical (unpaired) electrons. The molecule has 1 fully saturated rings. The zero-order valence-electron chi connectivity index (χ0n) is 13.8. The molecule has 25 heavy (non-hydrogen) atoms. The highest BCUT2D eigenvalue weighted by Crippen LogP contribution is 2.28. The second-order valence-electron chi connectivity index (χ2n) is 6.33. The second kappa shape index (κ2) is 6.70. The molecule has 1 aliphatic rings. The van der Waals surface area contributed by atoms with Crippen LogP contribution in [0.1, 0.15) is 5.56 Å². The van der Waals surface area contributed by atoms with Gasteiger partial charge in [0.25, 0.3) is 0 Å². The molecular formula is C20H20NO4+. The summed E-state index contributed by atoms with van der Waals surface area (Å²) < 4.78 is 11.0. The Labute approximate surface area is 145 Å². The number of nitrogens with one attached hydrogen (secondary N) is 1. The first-order valence-electron chi connectivity index (χ1n) is 8.48. The summed E-state index contributed by atoms with van der Waals surface area (Å²) in [6, 6.07) is 14.8. The van der Waals surface area contributed by atoms with Gasteiger partial charge in [0.1, 0.15) is 25.4 Å². The standard InChI is InChI=1S/C20H19NO4/c22-18-7-6-15-12-16(14-4-2-1-3-5-14)20(23)25-19(15)17(18)13-21-8-10-24-11-9-21/h1-7,12,22H,8-11,13H2/p+1. The predicted octanol–water partition coefficient (Wildman–Crippen LogP) is 1.58. The maximum Gasteiger partial charge on any atom is 0.344 e. The van der Waals surface area contributed by atoms with Crippen LogP contribution in [-0.4, -0.2) is 31.4 Å². The zero-order chi connectivity index (χ0) is 17.2. The molecule has 0 unspecified atom stereocenters. The molecule has 2 aromatic carbocycles.